The highest BCUT2D eigenvalue weighted by molar-refractivity contribution is 5.68. The van der Waals surface area contributed by atoms with E-state index < -0.39 is 48.6 Å². The fraction of sp³-hybridized carbons (Fsp3) is 0.750. The summed E-state index contributed by atoms with van der Waals surface area (Å²) in [6.45, 7) is 2.06. The minimum absolute atomic E-state index is 0.341. The number of aliphatic hydroxyl groups is 2. The standard InChI is InChI=1S/C12H18O9/c1-6(14)19-9-4-18-12(17,5-13)11(21-8(3)16)10(9)20-7(2)15/h9-11,13,17H,4-5H2,1-3H3. The summed E-state index contributed by atoms with van der Waals surface area (Å²) < 4.78 is 19.8. The van der Waals surface area contributed by atoms with Crippen molar-refractivity contribution >= 4 is 17.9 Å². The molecule has 1 saturated heterocycles. The third kappa shape index (κ3) is 4.38. The first kappa shape index (κ1) is 17.3. The first-order chi connectivity index (χ1) is 9.69. The molecule has 0 aliphatic carbocycles. The van der Waals surface area contributed by atoms with E-state index >= 15 is 0 Å². The second-order valence-corrected chi connectivity index (χ2v) is 4.57. The Bertz CT molecular complexity index is 421. The molecule has 0 aromatic carbocycles. The minimum Gasteiger partial charge on any atom is -0.456 e. The summed E-state index contributed by atoms with van der Waals surface area (Å²) in [6, 6.07) is 0. The summed E-state index contributed by atoms with van der Waals surface area (Å²) in [6.07, 6.45) is -3.93. The van der Waals surface area contributed by atoms with Gasteiger partial charge in [0.1, 0.15) is 6.61 Å². The van der Waals surface area contributed by atoms with Gasteiger partial charge in [0.05, 0.1) is 6.61 Å². The zero-order chi connectivity index (χ0) is 16.2. The van der Waals surface area contributed by atoms with Gasteiger partial charge in [0.2, 0.25) is 5.79 Å². The number of carbonyl (C=O) groups excluding carboxylic acids is 3. The molecule has 1 aliphatic heterocycles. The maximum Gasteiger partial charge on any atom is 0.303 e. The van der Waals surface area contributed by atoms with Crippen LogP contribution in [0.1, 0.15) is 20.8 Å². The van der Waals surface area contributed by atoms with E-state index in [0.717, 1.165) is 20.8 Å². The Kier molecular flexibility index (Phi) is 5.64. The average molecular weight is 306 g/mol. The van der Waals surface area contributed by atoms with Crippen LogP contribution in [0.4, 0.5) is 0 Å². The number of hydrogen-bond acceptors (Lipinski definition) is 9. The van der Waals surface area contributed by atoms with Crippen molar-refractivity contribution in [2.45, 2.75) is 44.9 Å². The van der Waals surface area contributed by atoms with Crippen LogP contribution in [0.15, 0.2) is 0 Å². The molecule has 0 saturated carbocycles. The summed E-state index contributed by atoms with van der Waals surface area (Å²) in [5, 5.41) is 19.4. The van der Waals surface area contributed by atoms with E-state index in [1.165, 1.54) is 0 Å². The Morgan fingerprint density at radius 3 is 2.05 bits per heavy atom. The second-order valence-electron chi connectivity index (χ2n) is 4.57. The Labute approximate surface area is 120 Å². The zero-order valence-corrected chi connectivity index (χ0v) is 11.9. The number of aliphatic hydroxyl groups excluding tert-OH is 1. The molecular formula is C12H18O9. The van der Waals surface area contributed by atoms with E-state index in [1.54, 1.807) is 0 Å². The number of carbonyl (C=O) groups is 3. The number of esters is 3. The van der Waals surface area contributed by atoms with E-state index in [0.29, 0.717) is 0 Å². The average Bonchev–Trinajstić information content (AvgIpc) is 2.36. The molecule has 21 heavy (non-hydrogen) atoms. The maximum atomic E-state index is 11.2. The van der Waals surface area contributed by atoms with Crippen molar-refractivity contribution in [2.24, 2.45) is 0 Å². The van der Waals surface area contributed by atoms with E-state index in [1.807, 2.05) is 0 Å². The predicted octanol–water partition coefficient (Wildman–Crippen LogP) is -1.51. The molecule has 0 aromatic rings. The fourth-order valence-electron chi connectivity index (χ4n) is 1.97. The topological polar surface area (TPSA) is 129 Å². The summed E-state index contributed by atoms with van der Waals surface area (Å²) in [4.78, 5) is 33.4. The van der Waals surface area contributed by atoms with Gasteiger partial charge in [-0.25, -0.2) is 0 Å². The smallest absolute Gasteiger partial charge is 0.303 e. The van der Waals surface area contributed by atoms with Crippen LogP contribution < -0.4 is 0 Å². The van der Waals surface area contributed by atoms with Gasteiger partial charge in [-0.3, -0.25) is 14.4 Å². The van der Waals surface area contributed by atoms with Gasteiger partial charge in [0, 0.05) is 20.8 Å². The molecule has 120 valence electrons. The molecule has 1 aliphatic rings. The van der Waals surface area contributed by atoms with Crippen LogP contribution in [0.2, 0.25) is 0 Å². The van der Waals surface area contributed by atoms with Crippen molar-refractivity contribution in [3.63, 3.8) is 0 Å². The SMILES string of the molecule is CC(=O)OC1COC(O)(CO)C(OC(C)=O)C1OC(C)=O. The fourth-order valence-corrected chi connectivity index (χ4v) is 1.97. The summed E-state index contributed by atoms with van der Waals surface area (Å²) in [5.74, 6) is -4.47. The van der Waals surface area contributed by atoms with Crippen LogP contribution in [0.25, 0.3) is 0 Å². The molecule has 4 atom stereocenters. The highest BCUT2D eigenvalue weighted by Crippen LogP contribution is 2.30. The normalized spacial score (nSPS) is 32.1. The Morgan fingerprint density at radius 2 is 1.62 bits per heavy atom. The molecule has 2 N–H and O–H groups in total. The molecule has 4 unspecified atom stereocenters. The number of ether oxygens (including phenoxy) is 4. The Hall–Kier alpha value is -1.71. The van der Waals surface area contributed by atoms with Gasteiger partial charge in [-0.1, -0.05) is 0 Å². The van der Waals surface area contributed by atoms with Crippen LogP contribution in [0.3, 0.4) is 0 Å². The number of rotatable bonds is 4. The van der Waals surface area contributed by atoms with Gasteiger partial charge in [0.15, 0.2) is 18.3 Å². The molecular weight excluding hydrogens is 288 g/mol. The highest BCUT2D eigenvalue weighted by atomic mass is 16.7. The summed E-state index contributed by atoms with van der Waals surface area (Å²) >= 11 is 0. The van der Waals surface area contributed by atoms with Crippen LogP contribution in [-0.2, 0) is 33.3 Å². The lowest BCUT2D eigenvalue weighted by molar-refractivity contribution is -0.334. The predicted molar refractivity (Wildman–Crippen MR) is 64.6 cm³/mol. The first-order valence-corrected chi connectivity index (χ1v) is 6.18. The Morgan fingerprint density at radius 1 is 1.10 bits per heavy atom. The lowest BCUT2D eigenvalue weighted by atomic mass is 9.96. The van der Waals surface area contributed by atoms with E-state index in [4.69, 9.17) is 18.9 Å². The van der Waals surface area contributed by atoms with Gasteiger partial charge < -0.3 is 29.2 Å². The van der Waals surface area contributed by atoms with Crippen molar-refractivity contribution in [3.05, 3.63) is 0 Å². The van der Waals surface area contributed by atoms with Gasteiger partial charge in [-0.2, -0.15) is 0 Å². The van der Waals surface area contributed by atoms with Crippen LogP contribution in [0, 0.1) is 0 Å². The zero-order valence-electron chi connectivity index (χ0n) is 11.9. The van der Waals surface area contributed by atoms with Gasteiger partial charge >= 0.3 is 17.9 Å². The summed E-state index contributed by atoms with van der Waals surface area (Å²) in [7, 11) is 0. The van der Waals surface area contributed by atoms with Crippen LogP contribution >= 0.6 is 0 Å². The van der Waals surface area contributed by atoms with Crippen LogP contribution in [-0.4, -0.2) is 65.4 Å². The van der Waals surface area contributed by atoms with Gasteiger partial charge in [0.25, 0.3) is 0 Å². The van der Waals surface area contributed by atoms with E-state index in [-0.39, 0.29) is 6.61 Å². The minimum atomic E-state index is -2.26. The monoisotopic (exact) mass is 306 g/mol. The molecule has 1 heterocycles. The maximum absolute atomic E-state index is 11.2. The third-order valence-electron chi connectivity index (χ3n) is 2.75. The van der Waals surface area contributed by atoms with Crippen molar-refractivity contribution in [2.75, 3.05) is 13.2 Å². The molecule has 0 radical (unpaired) electrons. The molecule has 0 aromatic heterocycles. The van der Waals surface area contributed by atoms with Gasteiger partial charge in [-0.15, -0.1) is 0 Å². The van der Waals surface area contributed by atoms with E-state index in [9.17, 15) is 24.6 Å². The molecule has 1 rings (SSSR count). The molecule has 0 amide bonds. The first-order valence-electron chi connectivity index (χ1n) is 6.18. The lowest BCUT2D eigenvalue weighted by Gasteiger charge is -2.44. The molecule has 9 nitrogen and oxygen atoms in total. The quantitative estimate of drug-likeness (QED) is 0.470. The highest BCUT2D eigenvalue weighted by Gasteiger charge is 2.55. The summed E-state index contributed by atoms with van der Waals surface area (Å²) in [5.41, 5.74) is 0. The van der Waals surface area contributed by atoms with Crippen molar-refractivity contribution in [3.8, 4) is 0 Å². The largest absolute Gasteiger partial charge is 0.456 e. The number of hydrogen-bond donors (Lipinski definition) is 2. The van der Waals surface area contributed by atoms with Gasteiger partial charge in [-0.05, 0) is 0 Å². The van der Waals surface area contributed by atoms with E-state index in [2.05, 4.69) is 0 Å². The third-order valence-corrected chi connectivity index (χ3v) is 2.75. The van der Waals surface area contributed by atoms with Crippen molar-refractivity contribution in [1.29, 1.82) is 0 Å². The molecule has 0 spiro atoms. The van der Waals surface area contributed by atoms with Crippen molar-refractivity contribution in [1.82, 2.24) is 0 Å². The molecule has 1 fully saturated rings. The molecule has 0 bridgehead atoms. The second kappa shape index (κ2) is 6.83. The Balaban J connectivity index is 3.09. The van der Waals surface area contributed by atoms with Crippen LogP contribution in [0.5, 0.6) is 0 Å². The molecule has 9 heteroatoms. The van der Waals surface area contributed by atoms with Crippen molar-refractivity contribution < 1.29 is 43.5 Å². The lowest BCUT2D eigenvalue weighted by Crippen LogP contribution is -2.65.